The minimum Gasteiger partial charge on any atom is -0.411 e. The summed E-state index contributed by atoms with van der Waals surface area (Å²) in [5.41, 5.74) is 1.90. The topological polar surface area (TPSA) is 93.4 Å². The first-order valence-electron chi connectivity index (χ1n) is 9.34. The molecule has 1 aliphatic rings. The van der Waals surface area contributed by atoms with Crippen LogP contribution in [0.5, 0.6) is 0 Å². The van der Waals surface area contributed by atoms with Crippen molar-refractivity contribution in [3.63, 3.8) is 0 Å². The van der Waals surface area contributed by atoms with Crippen LogP contribution in [-0.4, -0.2) is 58.8 Å². The van der Waals surface area contributed by atoms with Crippen molar-refractivity contribution in [2.24, 2.45) is 0 Å². The van der Waals surface area contributed by atoms with Gasteiger partial charge >= 0.3 is 0 Å². The number of amides is 1. The Hall–Kier alpha value is -1.87. The quantitative estimate of drug-likeness (QED) is 0.632. The Morgan fingerprint density at radius 2 is 2.11 bits per heavy atom. The van der Waals surface area contributed by atoms with Crippen molar-refractivity contribution >= 4 is 27.5 Å². The van der Waals surface area contributed by atoms with Crippen molar-refractivity contribution in [3.05, 3.63) is 29.8 Å². The van der Waals surface area contributed by atoms with Crippen molar-refractivity contribution in [3.8, 4) is 11.5 Å². The van der Waals surface area contributed by atoms with E-state index in [4.69, 9.17) is 4.42 Å². The molecular weight excluding hydrogens is 398 g/mol. The number of rotatable bonds is 7. The van der Waals surface area contributed by atoms with E-state index >= 15 is 0 Å². The second-order valence-corrected chi connectivity index (χ2v) is 10.2. The van der Waals surface area contributed by atoms with Crippen molar-refractivity contribution in [2.75, 3.05) is 17.3 Å². The first kappa shape index (κ1) is 20.9. The monoisotopic (exact) mass is 423 g/mol. The highest BCUT2D eigenvalue weighted by Gasteiger charge is 2.36. The molecule has 2 atom stereocenters. The number of nitrogens with zero attached hydrogens (tertiary/aromatic N) is 3. The molecule has 0 spiro atoms. The molecule has 0 radical (unpaired) electrons. The van der Waals surface area contributed by atoms with E-state index in [0.29, 0.717) is 17.5 Å². The fraction of sp³-hybridized carbons (Fsp3) is 0.526. The molecule has 152 valence electrons. The largest absolute Gasteiger partial charge is 0.411 e. The molecule has 7 nitrogen and oxygen atoms in total. The molecule has 1 aromatic heterocycles. The van der Waals surface area contributed by atoms with Gasteiger partial charge in [0.15, 0.2) is 9.84 Å². The zero-order chi connectivity index (χ0) is 20.3. The van der Waals surface area contributed by atoms with Gasteiger partial charge in [-0.1, -0.05) is 36.9 Å². The number of thioether (sulfide) groups is 1. The number of carbonyl (C=O) groups is 1. The third-order valence-electron chi connectivity index (χ3n) is 5.06. The van der Waals surface area contributed by atoms with Crippen molar-refractivity contribution in [1.82, 2.24) is 15.1 Å². The summed E-state index contributed by atoms with van der Waals surface area (Å²) in [6.45, 7) is 5.92. The molecular formula is C19H25N3O4S2. The maximum Gasteiger partial charge on any atom is 0.277 e. The van der Waals surface area contributed by atoms with E-state index in [1.54, 1.807) is 4.90 Å². The van der Waals surface area contributed by atoms with E-state index in [0.717, 1.165) is 17.5 Å². The van der Waals surface area contributed by atoms with Crippen LogP contribution in [0, 0.1) is 6.92 Å². The highest BCUT2D eigenvalue weighted by molar-refractivity contribution is 7.99. The van der Waals surface area contributed by atoms with Crippen LogP contribution in [0.3, 0.4) is 0 Å². The first-order valence-corrected chi connectivity index (χ1v) is 12.2. The lowest BCUT2D eigenvalue weighted by atomic mass is 10.1. The molecule has 2 heterocycles. The minimum absolute atomic E-state index is 0.0170. The molecule has 1 amide bonds. The average Bonchev–Trinajstić information content (AvgIpc) is 3.26. The summed E-state index contributed by atoms with van der Waals surface area (Å²) < 4.78 is 29.4. The van der Waals surface area contributed by atoms with Crippen molar-refractivity contribution < 1.29 is 17.6 Å². The molecule has 1 aromatic carbocycles. The Morgan fingerprint density at radius 3 is 2.75 bits per heavy atom. The maximum atomic E-state index is 12.9. The lowest BCUT2D eigenvalue weighted by molar-refractivity contribution is -0.132. The number of aryl methyl sites for hydroxylation is 1. The second kappa shape index (κ2) is 8.65. The Kier molecular flexibility index (Phi) is 6.44. The summed E-state index contributed by atoms with van der Waals surface area (Å²) in [7, 11) is -3.06. The standard InChI is InChI=1S/C19H25N3O4S2/c1-4-14(3)22(15-9-10-28(24,25)12-15)17(23)11-27-19-21-20-18(26-19)16-8-6-5-7-13(16)2/h5-8,14-15H,4,9-12H2,1-3H3/t14-,15+/m0/s1. The predicted molar refractivity (Wildman–Crippen MR) is 109 cm³/mol. The van der Waals surface area contributed by atoms with Crippen LogP contribution in [0.15, 0.2) is 33.9 Å². The van der Waals surface area contributed by atoms with Crippen molar-refractivity contribution in [1.29, 1.82) is 0 Å². The fourth-order valence-corrected chi connectivity index (χ4v) is 5.73. The SMILES string of the molecule is CC[C@H](C)N(C(=O)CSc1nnc(-c2ccccc2C)o1)[C@@H]1CCS(=O)(=O)C1. The molecule has 9 heteroatoms. The minimum atomic E-state index is -3.06. The molecule has 1 fully saturated rings. The normalized spacial score (nSPS) is 19.5. The summed E-state index contributed by atoms with van der Waals surface area (Å²) in [4.78, 5) is 14.6. The van der Waals surface area contributed by atoms with Gasteiger partial charge in [-0.25, -0.2) is 8.42 Å². The number of sulfone groups is 1. The van der Waals surface area contributed by atoms with Gasteiger partial charge in [0.05, 0.1) is 17.3 Å². The maximum absolute atomic E-state index is 12.9. The molecule has 0 N–H and O–H groups in total. The van der Waals surface area contributed by atoms with E-state index in [1.165, 1.54) is 11.8 Å². The van der Waals surface area contributed by atoms with Crippen LogP contribution in [0.1, 0.15) is 32.3 Å². The molecule has 0 unspecified atom stereocenters. The van der Waals surface area contributed by atoms with E-state index in [2.05, 4.69) is 10.2 Å². The number of aromatic nitrogens is 2. The summed E-state index contributed by atoms with van der Waals surface area (Å²) in [5.74, 6) is 0.655. The van der Waals surface area contributed by atoms with E-state index < -0.39 is 9.84 Å². The molecule has 0 bridgehead atoms. The van der Waals surface area contributed by atoms with Gasteiger partial charge in [-0.2, -0.15) is 0 Å². The lowest BCUT2D eigenvalue weighted by Gasteiger charge is -2.33. The van der Waals surface area contributed by atoms with Gasteiger partial charge in [-0.15, -0.1) is 10.2 Å². The number of hydrogen-bond acceptors (Lipinski definition) is 7. The molecule has 28 heavy (non-hydrogen) atoms. The lowest BCUT2D eigenvalue weighted by Crippen LogP contribution is -2.47. The number of hydrogen-bond donors (Lipinski definition) is 0. The van der Waals surface area contributed by atoms with E-state index in [1.807, 2.05) is 45.0 Å². The Bertz CT molecular complexity index is 942. The highest BCUT2D eigenvalue weighted by Crippen LogP contribution is 2.27. The predicted octanol–water partition coefficient (Wildman–Crippen LogP) is 2.95. The summed E-state index contributed by atoms with van der Waals surface area (Å²) in [6.07, 6.45) is 1.27. The van der Waals surface area contributed by atoms with Crippen LogP contribution in [0.2, 0.25) is 0 Å². The molecule has 2 aromatic rings. The molecule has 0 aliphatic carbocycles. The summed E-state index contributed by atoms with van der Waals surface area (Å²) >= 11 is 1.18. The smallest absolute Gasteiger partial charge is 0.277 e. The van der Waals surface area contributed by atoms with Gasteiger partial charge in [-0.05, 0) is 38.3 Å². The summed E-state index contributed by atoms with van der Waals surface area (Å²) in [6, 6.07) is 7.46. The molecule has 0 saturated carbocycles. The van der Waals surface area contributed by atoms with Gasteiger partial charge in [-0.3, -0.25) is 4.79 Å². The van der Waals surface area contributed by atoms with E-state index in [-0.39, 0.29) is 35.2 Å². The molecule has 3 rings (SSSR count). The average molecular weight is 424 g/mol. The summed E-state index contributed by atoms with van der Waals surface area (Å²) in [5, 5.41) is 8.43. The Balaban J connectivity index is 1.67. The van der Waals surface area contributed by atoms with Crippen LogP contribution in [-0.2, 0) is 14.6 Å². The van der Waals surface area contributed by atoms with Gasteiger partial charge < -0.3 is 9.32 Å². The van der Waals surface area contributed by atoms with Gasteiger partial charge in [0, 0.05) is 17.6 Å². The van der Waals surface area contributed by atoms with Gasteiger partial charge in [0.2, 0.25) is 11.8 Å². The van der Waals surface area contributed by atoms with Gasteiger partial charge in [0.1, 0.15) is 0 Å². The first-order chi connectivity index (χ1) is 13.3. The number of benzene rings is 1. The second-order valence-electron chi connectivity index (χ2n) is 7.09. The van der Waals surface area contributed by atoms with Crippen LogP contribution in [0.4, 0.5) is 0 Å². The fourth-order valence-electron chi connectivity index (χ4n) is 3.39. The third kappa shape index (κ3) is 4.75. The van der Waals surface area contributed by atoms with Gasteiger partial charge in [0.25, 0.3) is 5.22 Å². The van der Waals surface area contributed by atoms with Crippen LogP contribution in [0.25, 0.3) is 11.5 Å². The van der Waals surface area contributed by atoms with Crippen LogP contribution < -0.4 is 0 Å². The third-order valence-corrected chi connectivity index (χ3v) is 7.61. The number of carbonyl (C=O) groups excluding carboxylic acids is 1. The molecule has 1 saturated heterocycles. The van der Waals surface area contributed by atoms with Crippen LogP contribution >= 0.6 is 11.8 Å². The zero-order valence-electron chi connectivity index (χ0n) is 16.3. The highest BCUT2D eigenvalue weighted by atomic mass is 32.2. The Labute approximate surface area is 169 Å². The Morgan fingerprint density at radius 1 is 1.36 bits per heavy atom. The zero-order valence-corrected chi connectivity index (χ0v) is 17.9. The van der Waals surface area contributed by atoms with Crippen molar-refractivity contribution in [2.45, 2.75) is 50.9 Å². The molecule has 1 aliphatic heterocycles. The van der Waals surface area contributed by atoms with E-state index in [9.17, 15) is 13.2 Å².